The fourth-order valence-electron chi connectivity index (χ4n) is 4.89. The van der Waals surface area contributed by atoms with Crippen LogP contribution in [0.2, 0.25) is 0 Å². The number of aromatic nitrogens is 1. The molecule has 3 heterocycles. The average molecular weight is 484 g/mol. The van der Waals surface area contributed by atoms with Crippen molar-refractivity contribution in [2.24, 2.45) is 0 Å². The predicted molar refractivity (Wildman–Crippen MR) is 138 cm³/mol. The highest BCUT2D eigenvalue weighted by Crippen LogP contribution is 2.40. The molecule has 1 amide bonds. The van der Waals surface area contributed by atoms with Crippen molar-refractivity contribution >= 4 is 17.4 Å². The molecule has 5 rings (SSSR count). The van der Waals surface area contributed by atoms with E-state index in [-0.39, 0.29) is 12.1 Å². The number of pyridine rings is 1. The van der Waals surface area contributed by atoms with Gasteiger partial charge in [0.1, 0.15) is 19.0 Å². The van der Waals surface area contributed by atoms with Crippen LogP contribution in [0.3, 0.4) is 0 Å². The zero-order chi connectivity index (χ0) is 24.9. The van der Waals surface area contributed by atoms with Crippen molar-refractivity contribution in [1.29, 1.82) is 5.26 Å². The van der Waals surface area contributed by atoms with Crippen LogP contribution in [0.5, 0.6) is 11.5 Å². The van der Waals surface area contributed by atoms with Crippen LogP contribution in [-0.4, -0.2) is 61.3 Å². The Labute approximate surface area is 211 Å². The van der Waals surface area contributed by atoms with E-state index in [0.29, 0.717) is 30.2 Å². The maximum Gasteiger partial charge on any atom is 0.260 e. The lowest BCUT2D eigenvalue weighted by molar-refractivity contribution is 0.0910. The Hall–Kier alpha value is -4.09. The first kappa shape index (κ1) is 23.6. The lowest BCUT2D eigenvalue weighted by Crippen LogP contribution is -2.57. The lowest BCUT2D eigenvalue weighted by atomic mass is 10.1. The summed E-state index contributed by atoms with van der Waals surface area (Å²) in [7, 11) is 0. The van der Waals surface area contributed by atoms with Gasteiger partial charge in [-0.1, -0.05) is 19.1 Å². The zero-order valence-electron chi connectivity index (χ0n) is 20.3. The number of carbonyl (C=O) groups is 1. The van der Waals surface area contributed by atoms with Crippen molar-refractivity contribution in [3.8, 4) is 17.6 Å². The van der Waals surface area contributed by atoms with Crippen molar-refractivity contribution < 1.29 is 14.3 Å². The summed E-state index contributed by atoms with van der Waals surface area (Å²) >= 11 is 0. The summed E-state index contributed by atoms with van der Waals surface area (Å²) in [6, 6.07) is 20.5. The highest BCUT2D eigenvalue weighted by atomic mass is 16.6. The first-order chi connectivity index (χ1) is 17.7. The first-order valence-electron chi connectivity index (χ1n) is 12.3. The van der Waals surface area contributed by atoms with Gasteiger partial charge in [-0.05, 0) is 55.0 Å². The third-order valence-corrected chi connectivity index (χ3v) is 6.66. The number of anilines is 2. The Balaban J connectivity index is 1.38. The van der Waals surface area contributed by atoms with E-state index in [2.05, 4.69) is 33.8 Å². The van der Waals surface area contributed by atoms with Crippen LogP contribution in [-0.2, 0) is 0 Å². The van der Waals surface area contributed by atoms with Gasteiger partial charge in [-0.3, -0.25) is 14.6 Å². The Morgan fingerprint density at radius 1 is 1.03 bits per heavy atom. The Morgan fingerprint density at radius 2 is 1.81 bits per heavy atom. The molecule has 0 radical (unpaired) electrons. The number of nitriles is 1. The Bertz CT molecular complexity index is 1230. The van der Waals surface area contributed by atoms with Crippen molar-refractivity contribution in [3.63, 3.8) is 0 Å². The SMILES string of the molecule is CCC(N1CCN(c2cccc3c2OCCO3)CC1)N(C(=O)c1ccc(C#N)cc1)c1ccccn1. The van der Waals surface area contributed by atoms with Crippen LogP contribution in [0, 0.1) is 11.3 Å². The minimum absolute atomic E-state index is 0.129. The fourth-order valence-corrected chi connectivity index (χ4v) is 4.89. The second kappa shape index (κ2) is 10.7. The predicted octanol–water partition coefficient (Wildman–Crippen LogP) is 3.93. The third-order valence-electron chi connectivity index (χ3n) is 6.66. The molecule has 36 heavy (non-hydrogen) atoms. The van der Waals surface area contributed by atoms with Gasteiger partial charge in [-0.25, -0.2) is 4.98 Å². The highest BCUT2D eigenvalue weighted by Gasteiger charge is 2.33. The van der Waals surface area contributed by atoms with Crippen molar-refractivity contribution in [2.75, 3.05) is 49.2 Å². The van der Waals surface area contributed by atoms with Gasteiger partial charge in [0, 0.05) is 37.9 Å². The lowest BCUT2D eigenvalue weighted by Gasteiger charge is -2.44. The summed E-state index contributed by atoms with van der Waals surface area (Å²) in [4.78, 5) is 24.7. The van der Waals surface area contributed by atoms with E-state index in [0.717, 1.165) is 49.8 Å². The molecule has 1 unspecified atom stereocenters. The minimum Gasteiger partial charge on any atom is -0.486 e. The van der Waals surface area contributed by atoms with Crippen molar-refractivity contribution in [2.45, 2.75) is 19.5 Å². The van der Waals surface area contributed by atoms with E-state index in [1.165, 1.54) is 0 Å². The molecule has 1 fully saturated rings. The molecule has 2 aliphatic heterocycles. The molecule has 2 aliphatic rings. The summed E-state index contributed by atoms with van der Waals surface area (Å²) in [5.41, 5.74) is 2.11. The number of hydrogen-bond donors (Lipinski definition) is 0. The third kappa shape index (κ3) is 4.70. The molecule has 1 atom stereocenters. The number of hydrogen-bond acceptors (Lipinski definition) is 7. The number of rotatable bonds is 6. The molecule has 2 aromatic carbocycles. The second-order valence-electron chi connectivity index (χ2n) is 8.77. The van der Waals surface area contributed by atoms with Crippen LogP contribution >= 0.6 is 0 Å². The van der Waals surface area contributed by atoms with Gasteiger partial charge in [-0.2, -0.15) is 5.26 Å². The van der Waals surface area contributed by atoms with Crippen molar-refractivity contribution in [3.05, 3.63) is 78.0 Å². The molecule has 1 aromatic heterocycles. The van der Waals surface area contributed by atoms with Gasteiger partial charge in [-0.15, -0.1) is 0 Å². The number of fused-ring (bicyclic) bond motifs is 1. The molecule has 0 spiro atoms. The van der Waals surface area contributed by atoms with Crippen LogP contribution in [0.15, 0.2) is 66.9 Å². The van der Waals surface area contributed by atoms with E-state index in [9.17, 15) is 4.79 Å². The normalized spacial score (nSPS) is 16.2. The maximum atomic E-state index is 13.8. The van der Waals surface area contributed by atoms with E-state index < -0.39 is 0 Å². The van der Waals surface area contributed by atoms with Gasteiger partial charge in [0.05, 0.1) is 23.5 Å². The quantitative estimate of drug-likeness (QED) is 0.525. The molecule has 1 saturated heterocycles. The molecule has 0 saturated carbocycles. The van der Waals surface area contributed by atoms with Crippen LogP contribution in [0.1, 0.15) is 29.3 Å². The molecular formula is C28H29N5O3. The molecule has 0 aliphatic carbocycles. The van der Waals surface area contributed by atoms with Gasteiger partial charge in [0.25, 0.3) is 5.91 Å². The van der Waals surface area contributed by atoms with Crippen LogP contribution < -0.4 is 19.3 Å². The summed E-state index contributed by atoms with van der Waals surface area (Å²) in [5.74, 6) is 2.09. The van der Waals surface area contributed by atoms with E-state index in [4.69, 9.17) is 14.7 Å². The summed E-state index contributed by atoms with van der Waals surface area (Å²) in [6.45, 7) is 6.39. The molecule has 0 N–H and O–H groups in total. The fraction of sp³-hybridized carbons (Fsp3) is 0.321. The number of ether oxygens (including phenoxy) is 2. The molecular weight excluding hydrogens is 454 g/mol. The van der Waals surface area contributed by atoms with E-state index in [1.807, 2.05) is 30.3 Å². The standard InChI is InChI=1S/C28H29N5O3/c1-2-26(32-16-14-31(15-17-32)23-6-5-7-24-27(23)36-19-18-35-24)33(25-8-3-4-13-30-25)28(34)22-11-9-21(20-29)10-12-22/h3-13,26H,2,14-19H2,1H3. The molecule has 3 aromatic rings. The molecule has 184 valence electrons. The van der Waals surface area contributed by atoms with Gasteiger partial charge < -0.3 is 14.4 Å². The number of para-hydroxylation sites is 1. The number of amides is 1. The average Bonchev–Trinajstić information content (AvgIpc) is 2.96. The van der Waals surface area contributed by atoms with Crippen LogP contribution in [0.25, 0.3) is 0 Å². The zero-order valence-corrected chi connectivity index (χ0v) is 20.3. The second-order valence-corrected chi connectivity index (χ2v) is 8.77. The number of carbonyl (C=O) groups excluding carboxylic acids is 1. The summed E-state index contributed by atoms with van der Waals surface area (Å²) in [6.07, 6.45) is 2.30. The Morgan fingerprint density at radius 3 is 2.50 bits per heavy atom. The van der Waals surface area contributed by atoms with Gasteiger partial charge in [0.15, 0.2) is 11.5 Å². The number of piperazine rings is 1. The van der Waals surface area contributed by atoms with Gasteiger partial charge in [0.2, 0.25) is 0 Å². The van der Waals surface area contributed by atoms with Crippen molar-refractivity contribution in [1.82, 2.24) is 9.88 Å². The molecule has 0 bridgehead atoms. The number of nitrogens with zero attached hydrogens (tertiary/aromatic N) is 5. The highest BCUT2D eigenvalue weighted by molar-refractivity contribution is 6.06. The smallest absolute Gasteiger partial charge is 0.260 e. The maximum absolute atomic E-state index is 13.8. The van der Waals surface area contributed by atoms with Crippen LogP contribution in [0.4, 0.5) is 11.5 Å². The topological polar surface area (TPSA) is 81.9 Å². The number of benzene rings is 2. The van der Waals surface area contributed by atoms with E-state index in [1.54, 1.807) is 35.4 Å². The van der Waals surface area contributed by atoms with Gasteiger partial charge >= 0.3 is 0 Å². The summed E-state index contributed by atoms with van der Waals surface area (Å²) < 4.78 is 11.7. The Kier molecular flexibility index (Phi) is 7.01. The minimum atomic E-state index is -0.158. The monoisotopic (exact) mass is 483 g/mol. The van der Waals surface area contributed by atoms with E-state index >= 15 is 0 Å². The first-order valence-corrected chi connectivity index (χ1v) is 12.3. The molecule has 8 nitrogen and oxygen atoms in total. The summed E-state index contributed by atoms with van der Waals surface area (Å²) in [5, 5.41) is 9.14. The molecule has 8 heteroatoms. The largest absolute Gasteiger partial charge is 0.486 e.